The molecule has 90 valence electrons. The van der Waals surface area contributed by atoms with Crippen LogP contribution in [0.15, 0.2) is 34.9 Å². The molecule has 2 aromatic heterocycles. The summed E-state index contributed by atoms with van der Waals surface area (Å²) in [5, 5.41) is 0. The number of rotatable bonds is 4. The largest absolute Gasteiger partial charge is 0.467 e. The van der Waals surface area contributed by atoms with Gasteiger partial charge in [0, 0.05) is 18.6 Å². The molecular weight excluding hydrogens is 236 g/mol. The number of alkyl halides is 1. The molecule has 0 aliphatic carbocycles. The summed E-state index contributed by atoms with van der Waals surface area (Å²) in [5.41, 5.74) is 2.06. The lowest BCUT2D eigenvalue weighted by Gasteiger charge is -2.18. The molecule has 2 heterocycles. The van der Waals surface area contributed by atoms with Crippen LogP contribution in [0.5, 0.6) is 0 Å². The Morgan fingerprint density at radius 1 is 1.41 bits per heavy atom. The molecule has 0 saturated heterocycles. The Balaban J connectivity index is 2.18. The van der Waals surface area contributed by atoms with Crippen molar-refractivity contribution in [3.05, 3.63) is 47.5 Å². The molecule has 2 rings (SSSR count). The van der Waals surface area contributed by atoms with Gasteiger partial charge in [0.25, 0.3) is 0 Å². The third-order valence-corrected chi connectivity index (χ3v) is 2.83. The zero-order chi connectivity index (χ0) is 12.3. The minimum Gasteiger partial charge on any atom is -0.467 e. The van der Waals surface area contributed by atoms with Gasteiger partial charge in [-0.1, -0.05) is 0 Å². The minimum absolute atomic E-state index is 0.505. The monoisotopic (exact) mass is 250 g/mol. The number of pyridine rings is 1. The summed E-state index contributed by atoms with van der Waals surface area (Å²) in [6, 6.07) is 7.84. The van der Waals surface area contributed by atoms with Gasteiger partial charge in [-0.15, -0.1) is 11.6 Å². The molecule has 4 heteroatoms. The molecule has 0 N–H and O–H groups in total. The summed E-state index contributed by atoms with van der Waals surface area (Å²) in [6.07, 6.45) is 1.68. The number of aromatic nitrogens is 1. The van der Waals surface area contributed by atoms with Crippen LogP contribution in [-0.4, -0.2) is 12.0 Å². The number of halogens is 1. The van der Waals surface area contributed by atoms with Gasteiger partial charge in [0.2, 0.25) is 0 Å². The van der Waals surface area contributed by atoms with Crippen molar-refractivity contribution in [1.29, 1.82) is 0 Å². The first kappa shape index (κ1) is 12.0. The minimum atomic E-state index is 0.505. The first-order valence-corrected chi connectivity index (χ1v) is 5.99. The topological polar surface area (TPSA) is 29.3 Å². The van der Waals surface area contributed by atoms with Crippen LogP contribution in [0.1, 0.15) is 17.0 Å². The van der Waals surface area contributed by atoms with Crippen molar-refractivity contribution in [2.75, 3.05) is 11.9 Å². The highest BCUT2D eigenvalue weighted by Crippen LogP contribution is 2.17. The third kappa shape index (κ3) is 3.01. The van der Waals surface area contributed by atoms with E-state index in [-0.39, 0.29) is 0 Å². The molecule has 0 aliphatic heterocycles. The van der Waals surface area contributed by atoms with Crippen LogP contribution in [0.2, 0.25) is 0 Å². The quantitative estimate of drug-likeness (QED) is 0.780. The van der Waals surface area contributed by atoms with Gasteiger partial charge < -0.3 is 9.32 Å². The Hall–Kier alpha value is -1.48. The zero-order valence-electron chi connectivity index (χ0n) is 9.98. The second-order valence-corrected chi connectivity index (χ2v) is 4.31. The molecule has 0 aliphatic rings. The van der Waals surface area contributed by atoms with E-state index in [0.717, 1.165) is 22.8 Å². The lowest BCUT2D eigenvalue weighted by Crippen LogP contribution is -2.17. The lowest BCUT2D eigenvalue weighted by molar-refractivity contribution is 0.507. The van der Waals surface area contributed by atoms with E-state index in [9.17, 15) is 0 Å². The van der Waals surface area contributed by atoms with Crippen LogP contribution in [-0.2, 0) is 12.4 Å². The molecular formula is C13H15ClN2O. The summed E-state index contributed by atoms with van der Waals surface area (Å²) in [5.74, 6) is 2.34. The van der Waals surface area contributed by atoms with Crippen LogP contribution in [0, 0.1) is 6.92 Å². The van der Waals surface area contributed by atoms with Crippen LogP contribution in [0.4, 0.5) is 5.82 Å². The molecule has 0 saturated carbocycles. The summed E-state index contributed by atoms with van der Waals surface area (Å²) < 4.78 is 5.32. The summed E-state index contributed by atoms with van der Waals surface area (Å²) in [4.78, 5) is 6.53. The van der Waals surface area contributed by atoms with Gasteiger partial charge in [0.1, 0.15) is 11.6 Å². The van der Waals surface area contributed by atoms with Crippen LogP contribution >= 0.6 is 11.6 Å². The third-order valence-electron chi connectivity index (χ3n) is 2.52. The molecule has 2 aromatic rings. The number of furan rings is 1. The van der Waals surface area contributed by atoms with Crippen LogP contribution in [0.25, 0.3) is 0 Å². The second kappa shape index (κ2) is 5.23. The van der Waals surface area contributed by atoms with E-state index in [4.69, 9.17) is 16.0 Å². The first-order valence-electron chi connectivity index (χ1n) is 5.46. The second-order valence-electron chi connectivity index (χ2n) is 4.04. The Kier molecular flexibility index (Phi) is 3.69. The van der Waals surface area contributed by atoms with Crippen molar-refractivity contribution in [2.45, 2.75) is 19.3 Å². The Morgan fingerprint density at radius 2 is 2.24 bits per heavy atom. The molecule has 0 radical (unpaired) electrons. The van der Waals surface area contributed by atoms with Crippen molar-refractivity contribution in [1.82, 2.24) is 4.98 Å². The molecule has 0 amide bonds. The highest BCUT2D eigenvalue weighted by Gasteiger charge is 2.07. The number of hydrogen-bond acceptors (Lipinski definition) is 3. The standard InChI is InChI=1S/C13H15ClN2O/c1-10-6-11(8-14)7-13(15-10)16(2)9-12-4-3-5-17-12/h3-7H,8-9H2,1-2H3. The van der Waals surface area contributed by atoms with Crippen molar-refractivity contribution in [3.63, 3.8) is 0 Å². The van der Waals surface area contributed by atoms with Gasteiger partial charge in [-0.25, -0.2) is 4.98 Å². The summed E-state index contributed by atoms with van der Waals surface area (Å²) in [7, 11) is 1.99. The van der Waals surface area contributed by atoms with Gasteiger partial charge in [-0.2, -0.15) is 0 Å². The molecule has 0 spiro atoms. The molecule has 0 fully saturated rings. The number of anilines is 1. The maximum atomic E-state index is 5.85. The lowest BCUT2D eigenvalue weighted by atomic mass is 10.2. The fraction of sp³-hybridized carbons (Fsp3) is 0.308. The number of aryl methyl sites for hydroxylation is 1. The number of nitrogens with zero attached hydrogens (tertiary/aromatic N) is 2. The van der Waals surface area contributed by atoms with Crippen molar-refractivity contribution < 1.29 is 4.42 Å². The van der Waals surface area contributed by atoms with Gasteiger partial charge >= 0.3 is 0 Å². The average Bonchev–Trinajstić information content (AvgIpc) is 2.81. The molecule has 0 aromatic carbocycles. The molecule has 17 heavy (non-hydrogen) atoms. The van der Waals surface area contributed by atoms with E-state index >= 15 is 0 Å². The maximum absolute atomic E-state index is 5.85. The number of hydrogen-bond donors (Lipinski definition) is 0. The highest BCUT2D eigenvalue weighted by atomic mass is 35.5. The molecule has 3 nitrogen and oxygen atoms in total. The van der Waals surface area contributed by atoms with Crippen molar-refractivity contribution >= 4 is 17.4 Å². The molecule has 0 bridgehead atoms. The Morgan fingerprint density at radius 3 is 2.88 bits per heavy atom. The first-order chi connectivity index (χ1) is 8.19. The van der Waals surface area contributed by atoms with Crippen LogP contribution in [0.3, 0.4) is 0 Å². The average molecular weight is 251 g/mol. The van der Waals surface area contributed by atoms with Crippen LogP contribution < -0.4 is 4.90 Å². The normalized spacial score (nSPS) is 10.5. The summed E-state index contributed by atoms with van der Waals surface area (Å²) >= 11 is 5.85. The van der Waals surface area contributed by atoms with Crippen molar-refractivity contribution in [2.24, 2.45) is 0 Å². The zero-order valence-corrected chi connectivity index (χ0v) is 10.7. The van der Waals surface area contributed by atoms with Gasteiger partial charge in [0.15, 0.2) is 0 Å². The van der Waals surface area contributed by atoms with E-state index in [0.29, 0.717) is 12.4 Å². The van der Waals surface area contributed by atoms with Gasteiger partial charge in [-0.05, 0) is 36.8 Å². The van der Waals surface area contributed by atoms with Crippen molar-refractivity contribution in [3.8, 4) is 0 Å². The molecule has 0 unspecified atom stereocenters. The fourth-order valence-electron chi connectivity index (χ4n) is 1.71. The van der Waals surface area contributed by atoms with E-state index in [2.05, 4.69) is 4.98 Å². The van der Waals surface area contributed by atoms with E-state index < -0.39 is 0 Å². The van der Waals surface area contributed by atoms with Gasteiger partial charge in [-0.3, -0.25) is 0 Å². The Bertz CT molecular complexity index is 482. The maximum Gasteiger partial charge on any atom is 0.129 e. The van der Waals surface area contributed by atoms with E-state index in [1.165, 1.54) is 0 Å². The highest BCUT2D eigenvalue weighted by molar-refractivity contribution is 6.17. The SMILES string of the molecule is Cc1cc(CCl)cc(N(C)Cc2ccco2)n1. The molecule has 0 atom stereocenters. The predicted molar refractivity (Wildman–Crippen MR) is 69.3 cm³/mol. The Labute approximate surface area is 106 Å². The van der Waals surface area contributed by atoms with Gasteiger partial charge in [0.05, 0.1) is 12.8 Å². The van der Waals surface area contributed by atoms with E-state index in [1.54, 1.807) is 6.26 Å². The van der Waals surface area contributed by atoms with E-state index in [1.807, 2.05) is 43.1 Å². The smallest absolute Gasteiger partial charge is 0.129 e. The predicted octanol–water partition coefficient (Wildman–Crippen LogP) is 3.36. The fourth-order valence-corrected chi connectivity index (χ4v) is 1.87. The summed E-state index contributed by atoms with van der Waals surface area (Å²) in [6.45, 7) is 2.67.